The summed E-state index contributed by atoms with van der Waals surface area (Å²) in [6.07, 6.45) is 4.15. The Balaban J connectivity index is 1.80. The lowest BCUT2D eigenvalue weighted by Gasteiger charge is -2.24. The van der Waals surface area contributed by atoms with Gasteiger partial charge in [-0.1, -0.05) is 48.5 Å². The number of amides is 3. The Morgan fingerprint density at radius 1 is 0.895 bits per heavy atom. The molecule has 3 unspecified atom stereocenters. The molecule has 0 fully saturated rings. The van der Waals surface area contributed by atoms with Gasteiger partial charge in [0.1, 0.15) is 18.1 Å². The molecule has 0 saturated heterocycles. The average Bonchev–Trinajstić information content (AvgIpc) is 3.33. The van der Waals surface area contributed by atoms with Crippen molar-refractivity contribution in [2.75, 3.05) is 18.6 Å². The zero-order valence-corrected chi connectivity index (χ0v) is 21.9. The normalized spacial score (nSPS) is 13.3. The van der Waals surface area contributed by atoms with Crippen molar-refractivity contribution in [2.24, 2.45) is 5.73 Å². The quantitative estimate of drug-likeness (QED) is 0.179. The van der Waals surface area contributed by atoms with Crippen LogP contribution in [0.25, 0.3) is 10.9 Å². The number of nitrogens with one attached hydrogen (secondary N) is 4. The summed E-state index contributed by atoms with van der Waals surface area (Å²) in [5.74, 6) is -2.25. The van der Waals surface area contributed by atoms with Gasteiger partial charge in [-0.25, -0.2) is 4.79 Å². The Bertz CT molecular complexity index is 1250. The number of carboxylic acids is 1. The lowest BCUT2D eigenvalue weighted by molar-refractivity contribution is -0.142. The number of carbonyl (C=O) groups excluding carboxylic acids is 3. The first-order valence-electron chi connectivity index (χ1n) is 12.2. The molecule has 1 aromatic heterocycles. The van der Waals surface area contributed by atoms with Crippen molar-refractivity contribution in [3.05, 3.63) is 71.9 Å². The number of H-pyrrole nitrogens is 1. The van der Waals surface area contributed by atoms with Crippen molar-refractivity contribution >= 4 is 46.4 Å². The molecule has 1 heterocycles. The summed E-state index contributed by atoms with van der Waals surface area (Å²) in [5, 5.41) is 18.7. The van der Waals surface area contributed by atoms with Crippen LogP contribution in [-0.2, 0) is 32.0 Å². The van der Waals surface area contributed by atoms with Gasteiger partial charge < -0.3 is 31.8 Å². The third-order valence-corrected chi connectivity index (χ3v) is 6.72. The highest BCUT2D eigenvalue weighted by Gasteiger charge is 2.30. The molecule has 3 aromatic rings. The molecule has 0 aliphatic rings. The maximum Gasteiger partial charge on any atom is 0.326 e. The zero-order chi connectivity index (χ0) is 27.5. The molecule has 0 saturated carbocycles. The third kappa shape index (κ3) is 8.09. The number of rotatable bonds is 14. The third-order valence-electron chi connectivity index (χ3n) is 6.08. The Morgan fingerprint density at radius 2 is 1.55 bits per heavy atom. The van der Waals surface area contributed by atoms with E-state index in [9.17, 15) is 24.3 Å². The van der Waals surface area contributed by atoms with Crippen LogP contribution in [0.3, 0.4) is 0 Å². The van der Waals surface area contributed by atoms with Crippen LogP contribution in [-0.4, -0.2) is 70.5 Å². The van der Waals surface area contributed by atoms with Gasteiger partial charge >= 0.3 is 5.97 Å². The summed E-state index contributed by atoms with van der Waals surface area (Å²) in [5.41, 5.74) is 7.80. The topological polar surface area (TPSA) is 166 Å². The van der Waals surface area contributed by atoms with Crippen molar-refractivity contribution in [3.8, 4) is 0 Å². The van der Waals surface area contributed by atoms with E-state index in [0.29, 0.717) is 12.2 Å². The number of thioether (sulfide) groups is 1. The molecule has 0 aliphatic heterocycles. The first kappa shape index (κ1) is 28.7. The van der Waals surface area contributed by atoms with Crippen LogP contribution < -0.4 is 21.7 Å². The standard InChI is InChI=1S/C27H33N5O5S/c1-38-12-11-21(30-24(33)15-28)25(34)31-22(13-17-7-3-2-4-8-17)26(35)32-23(27(36)37)14-18-16-29-20-10-6-5-9-19(18)20/h2-10,16,21-23,29H,11-15,28H2,1H3,(H,30,33)(H,31,34)(H,32,35)(H,36,37). The van der Waals surface area contributed by atoms with Gasteiger partial charge in [-0.3, -0.25) is 14.4 Å². The number of para-hydroxylation sites is 1. The number of fused-ring (bicyclic) bond motifs is 1. The fraction of sp³-hybridized carbons (Fsp3) is 0.333. The van der Waals surface area contributed by atoms with Gasteiger partial charge in [-0.15, -0.1) is 0 Å². The summed E-state index contributed by atoms with van der Waals surface area (Å²) in [4.78, 5) is 53.7. The molecule has 0 spiro atoms. The van der Waals surface area contributed by atoms with E-state index in [4.69, 9.17) is 5.73 Å². The number of aromatic amines is 1. The lowest BCUT2D eigenvalue weighted by Crippen LogP contribution is -2.57. The van der Waals surface area contributed by atoms with E-state index in [2.05, 4.69) is 20.9 Å². The number of aliphatic carboxylic acids is 1. The minimum atomic E-state index is -1.22. The van der Waals surface area contributed by atoms with Crippen molar-refractivity contribution in [3.63, 3.8) is 0 Å². The minimum Gasteiger partial charge on any atom is -0.480 e. The van der Waals surface area contributed by atoms with Gasteiger partial charge in [-0.05, 0) is 35.6 Å². The molecule has 2 aromatic carbocycles. The Kier molecular flexibility index (Phi) is 10.7. The maximum absolute atomic E-state index is 13.4. The summed E-state index contributed by atoms with van der Waals surface area (Å²) < 4.78 is 0. The largest absolute Gasteiger partial charge is 0.480 e. The number of carboxylic acid groups (broad SMARTS) is 1. The summed E-state index contributed by atoms with van der Waals surface area (Å²) >= 11 is 1.51. The van der Waals surface area contributed by atoms with Gasteiger partial charge in [0.05, 0.1) is 6.54 Å². The van der Waals surface area contributed by atoms with E-state index in [1.165, 1.54) is 11.8 Å². The first-order valence-corrected chi connectivity index (χ1v) is 13.6. The van der Waals surface area contributed by atoms with Crippen LogP contribution >= 0.6 is 11.8 Å². The monoisotopic (exact) mass is 539 g/mol. The number of aromatic nitrogens is 1. The molecule has 202 valence electrons. The number of carbonyl (C=O) groups is 4. The highest BCUT2D eigenvalue weighted by molar-refractivity contribution is 7.98. The summed E-state index contributed by atoms with van der Waals surface area (Å²) in [6.45, 7) is -0.273. The fourth-order valence-electron chi connectivity index (χ4n) is 4.08. The van der Waals surface area contributed by atoms with Gasteiger partial charge in [0.15, 0.2) is 0 Å². The van der Waals surface area contributed by atoms with Gasteiger partial charge in [0.25, 0.3) is 0 Å². The molecule has 0 radical (unpaired) electrons. The smallest absolute Gasteiger partial charge is 0.326 e. The van der Waals surface area contributed by atoms with Crippen LogP contribution in [0.2, 0.25) is 0 Å². The van der Waals surface area contributed by atoms with Crippen LogP contribution in [0.1, 0.15) is 17.5 Å². The summed E-state index contributed by atoms with van der Waals surface area (Å²) in [6, 6.07) is 13.4. The Morgan fingerprint density at radius 3 is 2.24 bits per heavy atom. The summed E-state index contributed by atoms with van der Waals surface area (Å²) in [7, 11) is 0. The molecule has 0 aliphatic carbocycles. The predicted molar refractivity (Wildman–Crippen MR) is 148 cm³/mol. The van der Waals surface area contributed by atoms with Crippen LogP contribution in [0, 0.1) is 0 Å². The Labute approximate surface area is 225 Å². The molecule has 10 nitrogen and oxygen atoms in total. The number of hydrogen-bond acceptors (Lipinski definition) is 6. The fourth-order valence-corrected chi connectivity index (χ4v) is 4.55. The SMILES string of the molecule is CSCCC(NC(=O)CN)C(=O)NC(Cc1ccccc1)C(=O)NC(Cc1c[nH]c2ccccc12)C(=O)O. The molecular weight excluding hydrogens is 506 g/mol. The maximum atomic E-state index is 13.4. The predicted octanol–water partition coefficient (Wildman–Crippen LogP) is 1.20. The van der Waals surface area contributed by atoms with E-state index in [0.717, 1.165) is 22.0 Å². The number of nitrogens with two attached hydrogens (primary N) is 1. The second kappa shape index (κ2) is 14.2. The van der Waals surface area contributed by atoms with E-state index >= 15 is 0 Å². The van der Waals surface area contributed by atoms with E-state index in [-0.39, 0.29) is 19.4 Å². The second-order valence-electron chi connectivity index (χ2n) is 8.82. The molecule has 0 bridgehead atoms. The van der Waals surface area contributed by atoms with E-state index < -0.39 is 41.8 Å². The number of hydrogen-bond donors (Lipinski definition) is 6. The Hall–Kier alpha value is -3.83. The molecule has 3 rings (SSSR count). The lowest BCUT2D eigenvalue weighted by atomic mass is 10.0. The highest BCUT2D eigenvalue weighted by Crippen LogP contribution is 2.19. The van der Waals surface area contributed by atoms with Crippen LogP contribution in [0.4, 0.5) is 0 Å². The van der Waals surface area contributed by atoms with E-state index in [1.807, 2.05) is 60.9 Å². The van der Waals surface area contributed by atoms with Crippen molar-refractivity contribution in [1.82, 2.24) is 20.9 Å². The van der Waals surface area contributed by atoms with Crippen molar-refractivity contribution in [1.29, 1.82) is 0 Å². The average molecular weight is 540 g/mol. The van der Waals surface area contributed by atoms with Gasteiger partial charge in [-0.2, -0.15) is 11.8 Å². The van der Waals surface area contributed by atoms with Crippen molar-refractivity contribution in [2.45, 2.75) is 37.4 Å². The van der Waals surface area contributed by atoms with Crippen LogP contribution in [0.15, 0.2) is 60.8 Å². The zero-order valence-electron chi connectivity index (χ0n) is 21.1. The van der Waals surface area contributed by atoms with Gasteiger partial charge in [0, 0.05) is 29.9 Å². The minimum absolute atomic E-state index is 0.0556. The highest BCUT2D eigenvalue weighted by atomic mass is 32.2. The molecule has 38 heavy (non-hydrogen) atoms. The first-order chi connectivity index (χ1) is 18.3. The molecular formula is C27H33N5O5S. The second-order valence-corrected chi connectivity index (χ2v) is 9.81. The molecule has 7 N–H and O–H groups in total. The van der Waals surface area contributed by atoms with Crippen LogP contribution in [0.5, 0.6) is 0 Å². The van der Waals surface area contributed by atoms with Crippen molar-refractivity contribution < 1.29 is 24.3 Å². The van der Waals surface area contributed by atoms with Gasteiger partial charge in [0.2, 0.25) is 17.7 Å². The molecule has 3 amide bonds. The number of benzene rings is 2. The molecule has 3 atom stereocenters. The molecule has 11 heteroatoms. The van der Waals surface area contributed by atoms with E-state index in [1.54, 1.807) is 6.20 Å².